The molecule has 3 atom stereocenters. The fourth-order valence-electron chi connectivity index (χ4n) is 2.91. The zero-order chi connectivity index (χ0) is 12.0. The van der Waals surface area contributed by atoms with Gasteiger partial charge in [0.1, 0.15) is 0 Å². The molecule has 1 aliphatic rings. The van der Waals surface area contributed by atoms with Crippen molar-refractivity contribution in [3.05, 3.63) is 0 Å². The maximum Gasteiger partial charge on any atom is 0.153 e. The first-order valence-corrected chi connectivity index (χ1v) is 7.50. The molecule has 3 heteroatoms. The Kier molecular flexibility index (Phi) is 3.26. The van der Waals surface area contributed by atoms with E-state index >= 15 is 0 Å². The average molecular weight is 232 g/mol. The van der Waals surface area contributed by atoms with Crippen LogP contribution in [-0.4, -0.2) is 19.4 Å². The molecule has 0 spiro atoms. The standard InChI is InChI=1S/C12H24O2S/c1-8(2)11-9(3)15(13,14)7-10(11)12(4,5)6/h8-11H,7H2,1-6H3/t9-,10+,11-/m1/s1. The molecule has 0 aliphatic carbocycles. The highest BCUT2D eigenvalue weighted by molar-refractivity contribution is 7.92. The van der Waals surface area contributed by atoms with Crippen molar-refractivity contribution in [1.29, 1.82) is 0 Å². The van der Waals surface area contributed by atoms with E-state index in [1.807, 2.05) is 6.92 Å². The summed E-state index contributed by atoms with van der Waals surface area (Å²) in [6.45, 7) is 12.6. The molecule has 0 bridgehead atoms. The maximum atomic E-state index is 11.9. The molecule has 0 aromatic heterocycles. The third-order valence-corrected chi connectivity index (χ3v) is 6.14. The molecule has 0 unspecified atom stereocenters. The Hall–Kier alpha value is -0.0500. The largest absolute Gasteiger partial charge is 0.229 e. The minimum absolute atomic E-state index is 0.0900. The molecule has 0 N–H and O–H groups in total. The van der Waals surface area contributed by atoms with Gasteiger partial charge < -0.3 is 0 Å². The predicted molar refractivity (Wildman–Crippen MR) is 64.5 cm³/mol. The first kappa shape index (κ1) is 13.0. The van der Waals surface area contributed by atoms with Crippen LogP contribution in [0.15, 0.2) is 0 Å². The van der Waals surface area contributed by atoms with E-state index < -0.39 is 9.84 Å². The van der Waals surface area contributed by atoms with Gasteiger partial charge in [0.15, 0.2) is 9.84 Å². The van der Waals surface area contributed by atoms with E-state index in [-0.39, 0.29) is 10.7 Å². The molecule has 1 saturated heterocycles. The molecule has 0 radical (unpaired) electrons. The summed E-state index contributed by atoms with van der Waals surface area (Å²) >= 11 is 0. The fraction of sp³-hybridized carbons (Fsp3) is 1.00. The van der Waals surface area contributed by atoms with Crippen LogP contribution in [-0.2, 0) is 9.84 Å². The molecule has 90 valence electrons. The van der Waals surface area contributed by atoms with Crippen LogP contribution < -0.4 is 0 Å². The number of hydrogen-bond donors (Lipinski definition) is 0. The molecular formula is C12H24O2S. The van der Waals surface area contributed by atoms with Gasteiger partial charge in [-0.1, -0.05) is 34.6 Å². The van der Waals surface area contributed by atoms with E-state index in [9.17, 15) is 8.42 Å². The molecule has 2 nitrogen and oxygen atoms in total. The maximum absolute atomic E-state index is 11.9. The van der Waals surface area contributed by atoms with Crippen molar-refractivity contribution in [2.45, 2.75) is 46.8 Å². The van der Waals surface area contributed by atoms with Crippen LogP contribution in [0.25, 0.3) is 0 Å². The lowest BCUT2D eigenvalue weighted by atomic mass is 9.69. The van der Waals surface area contributed by atoms with E-state index in [2.05, 4.69) is 34.6 Å². The van der Waals surface area contributed by atoms with Gasteiger partial charge in [-0.05, 0) is 30.1 Å². The summed E-state index contributed by atoms with van der Waals surface area (Å²) in [5.41, 5.74) is 0.0900. The van der Waals surface area contributed by atoms with Gasteiger partial charge in [0.05, 0.1) is 11.0 Å². The summed E-state index contributed by atoms with van der Waals surface area (Å²) in [5.74, 6) is 1.44. The monoisotopic (exact) mass is 232 g/mol. The SMILES string of the molecule is CC(C)[C@@H]1[C@@H](C)S(=O)(=O)C[C@@H]1C(C)(C)C. The van der Waals surface area contributed by atoms with Crippen molar-refractivity contribution in [3.8, 4) is 0 Å². The van der Waals surface area contributed by atoms with Gasteiger partial charge in [-0.3, -0.25) is 0 Å². The highest BCUT2D eigenvalue weighted by Crippen LogP contribution is 2.45. The van der Waals surface area contributed by atoms with Crippen LogP contribution in [0.2, 0.25) is 0 Å². The summed E-state index contributed by atoms with van der Waals surface area (Å²) in [7, 11) is -2.85. The molecule has 1 fully saturated rings. The van der Waals surface area contributed by atoms with Gasteiger partial charge in [-0.15, -0.1) is 0 Å². The molecule has 1 rings (SSSR count). The molecule has 1 heterocycles. The Morgan fingerprint density at radius 3 is 1.93 bits per heavy atom. The zero-order valence-electron chi connectivity index (χ0n) is 10.7. The second kappa shape index (κ2) is 3.76. The summed E-state index contributed by atoms with van der Waals surface area (Å²) in [6.07, 6.45) is 0. The topological polar surface area (TPSA) is 34.1 Å². The molecule has 0 saturated carbocycles. The van der Waals surface area contributed by atoms with Crippen LogP contribution >= 0.6 is 0 Å². The number of rotatable bonds is 1. The minimum atomic E-state index is -2.85. The summed E-state index contributed by atoms with van der Waals surface area (Å²) in [6, 6.07) is 0. The smallest absolute Gasteiger partial charge is 0.153 e. The Labute approximate surface area is 94.4 Å². The number of sulfone groups is 1. The van der Waals surface area contributed by atoms with Crippen LogP contribution in [0, 0.1) is 23.2 Å². The summed E-state index contributed by atoms with van der Waals surface area (Å²) in [4.78, 5) is 0. The van der Waals surface area contributed by atoms with Crippen molar-refractivity contribution >= 4 is 9.84 Å². The molecule has 0 amide bonds. The first-order valence-electron chi connectivity index (χ1n) is 5.79. The van der Waals surface area contributed by atoms with Crippen LogP contribution in [0.4, 0.5) is 0 Å². The molecular weight excluding hydrogens is 208 g/mol. The van der Waals surface area contributed by atoms with Crippen molar-refractivity contribution in [1.82, 2.24) is 0 Å². The lowest BCUT2D eigenvalue weighted by Crippen LogP contribution is -2.32. The van der Waals surface area contributed by atoms with Gasteiger partial charge >= 0.3 is 0 Å². The van der Waals surface area contributed by atoms with Gasteiger partial charge in [0, 0.05) is 0 Å². The Balaban J connectivity index is 3.10. The van der Waals surface area contributed by atoms with Crippen molar-refractivity contribution in [2.24, 2.45) is 23.2 Å². The van der Waals surface area contributed by atoms with Crippen LogP contribution in [0.3, 0.4) is 0 Å². The third kappa shape index (κ3) is 2.38. The highest BCUT2D eigenvalue weighted by Gasteiger charge is 2.49. The van der Waals surface area contributed by atoms with E-state index in [0.29, 0.717) is 23.5 Å². The van der Waals surface area contributed by atoms with Crippen LogP contribution in [0.1, 0.15) is 41.5 Å². The zero-order valence-corrected chi connectivity index (χ0v) is 11.6. The Bertz CT molecular complexity index is 322. The third-order valence-electron chi connectivity index (χ3n) is 3.87. The summed E-state index contributed by atoms with van der Waals surface area (Å²) < 4.78 is 23.9. The van der Waals surface area contributed by atoms with Crippen molar-refractivity contribution in [2.75, 3.05) is 5.75 Å². The van der Waals surface area contributed by atoms with Crippen molar-refractivity contribution in [3.63, 3.8) is 0 Å². The molecule has 15 heavy (non-hydrogen) atoms. The molecule has 1 aliphatic heterocycles. The van der Waals surface area contributed by atoms with Gasteiger partial charge in [0.25, 0.3) is 0 Å². The van der Waals surface area contributed by atoms with E-state index in [1.165, 1.54) is 0 Å². The van der Waals surface area contributed by atoms with E-state index in [1.54, 1.807) is 0 Å². The fourth-order valence-corrected chi connectivity index (χ4v) is 5.42. The van der Waals surface area contributed by atoms with E-state index in [0.717, 1.165) is 0 Å². The predicted octanol–water partition coefficient (Wildman–Crippen LogP) is 2.74. The second-order valence-electron chi connectivity index (χ2n) is 6.33. The molecule has 0 aromatic carbocycles. The highest BCUT2D eigenvalue weighted by atomic mass is 32.2. The van der Waals surface area contributed by atoms with Gasteiger partial charge in [-0.25, -0.2) is 8.42 Å². The van der Waals surface area contributed by atoms with E-state index in [4.69, 9.17) is 0 Å². The average Bonchev–Trinajstić information content (AvgIpc) is 2.22. The molecule has 0 aromatic rings. The minimum Gasteiger partial charge on any atom is -0.229 e. The Morgan fingerprint density at radius 1 is 1.20 bits per heavy atom. The lowest BCUT2D eigenvalue weighted by molar-refractivity contribution is 0.155. The Morgan fingerprint density at radius 2 is 1.67 bits per heavy atom. The number of hydrogen-bond acceptors (Lipinski definition) is 2. The van der Waals surface area contributed by atoms with Gasteiger partial charge in [-0.2, -0.15) is 0 Å². The second-order valence-corrected chi connectivity index (χ2v) is 8.73. The first-order chi connectivity index (χ1) is 6.57. The quantitative estimate of drug-likeness (QED) is 0.696. The van der Waals surface area contributed by atoms with Gasteiger partial charge in [0.2, 0.25) is 0 Å². The lowest BCUT2D eigenvalue weighted by Gasteiger charge is -2.34. The normalized spacial score (nSPS) is 36.1. The van der Waals surface area contributed by atoms with Crippen LogP contribution in [0.5, 0.6) is 0 Å². The summed E-state index contributed by atoms with van der Waals surface area (Å²) in [5, 5.41) is -0.165. The van der Waals surface area contributed by atoms with Crippen molar-refractivity contribution < 1.29 is 8.42 Å².